The highest BCUT2D eigenvalue weighted by Crippen LogP contribution is 2.46. The Labute approximate surface area is 141 Å². The number of piperidine rings is 3. The number of phenols is 1. The number of carbonyl (C=O) groups excluding carboxylic acids is 1. The summed E-state index contributed by atoms with van der Waals surface area (Å²) in [4.78, 5) is 17.4. The van der Waals surface area contributed by atoms with Crippen LogP contribution in [-0.2, 0) is 4.79 Å². The molecule has 0 saturated carbocycles. The van der Waals surface area contributed by atoms with Gasteiger partial charge in [-0.3, -0.25) is 9.69 Å². The van der Waals surface area contributed by atoms with Gasteiger partial charge in [0.25, 0.3) is 0 Å². The standard InChI is InChI=1S/C18H24N2O2S/c1-23-11-16(22)20-10-15(13-3-2-4-14(21)9-13)18-17(20)12-5-7-19(18)8-6-12/h2-4,9,12,15,17-18,21H,5-8,10-11H2,1H3/t15-,17+,18+/m0/s1. The maximum Gasteiger partial charge on any atom is 0.232 e. The summed E-state index contributed by atoms with van der Waals surface area (Å²) in [6, 6.07) is 8.42. The molecular formula is C18H24N2O2S. The molecule has 4 saturated heterocycles. The fraction of sp³-hybridized carbons (Fsp3) is 0.611. The number of benzene rings is 1. The molecular weight excluding hydrogens is 308 g/mol. The molecule has 0 unspecified atom stereocenters. The zero-order chi connectivity index (χ0) is 16.0. The number of aromatic hydroxyl groups is 1. The van der Waals surface area contributed by atoms with Crippen molar-refractivity contribution in [3.05, 3.63) is 29.8 Å². The summed E-state index contributed by atoms with van der Waals surface area (Å²) in [5, 5.41) is 9.86. The van der Waals surface area contributed by atoms with E-state index in [1.165, 1.54) is 18.4 Å². The number of rotatable bonds is 3. The van der Waals surface area contributed by atoms with Gasteiger partial charge in [0.05, 0.1) is 11.8 Å². The number of carbonyl (C=O) groups is 1. The Kier molecular flexibility index (Phi) is 4.01. The van der Waals surface area contributed by atoms with Crippen molar-refractivity contribution in [2.45, 2.75) is 30.8 Å². The van der Waals surface area contributed by atoms with Gasteiger partial charge in [-0.05, 0) is 55.8 Å². The number of likely N-dealkylation sites (tertiary alicyclic amines) is 1. The predicted octanol–water partition coefficient (Wildman–Crippen LogP) is 2.14. The SMILES string of the molecule is CSCC(=O)N1C[C@@H](c2cccc(O)c2)[C@@H]2[C@H]1C1CCN2CC1. The van der Waals surface area contributed by atoms with Gasteiger partial charge in [0, 0.05) is 18.5 Å². The Hall–Kier alpha value is -1.20. The van der Waals surface area contributed by atoms with E-state index < -0.39 is 0 Å². The van der Waals surface area contributed by atoms with Gasteiger partial charge >= 0.3 is 0 Å². The summed E-state index contributed by atoms with van der Waals surface area (Å²) in [6.07, 6.45) is 4.43. The van der Waals surface area contributed by atoms with Gasteiger partial charge in [-0.15, -0.1) is 0 Å². The number of fused-ring (bicyclic) bond motifs is 2. The largest absolute Gasteiger partial charge is 0.508 e. The van der Waals surface area contributed by atoms with Gasteiger partial charge < -0.3 is 10.0 Å². The van der Waals surface area contributed by atoms with E-state index in [2.05, 4.69) is 15.9 Å². The van der Waals surface area contributed by atoms with E-state index in [9.17, 15) is 9.90 Å². The first kappa shape index (κ1) is 15.3. The molecule has 4 aliphatic heterocycles. The molecule has 4 aliphatic rings. The van der Waals surface area contributed by atoms with Crippen LogP contribution >= 0.6 is 11.8 Å². The number of phenolic OH excluding ortho intramolecular Hbond substituents is 1. The Balaban J connectivity index is 1.69. The highest BCUT2D eigenvalue weighted by atomic mass is 32.2. The van der Waals surface area contributed by atoms with Crippen LogP contribution in [0.4, 0.5) is 0 Å². The lowest BCUT2D eigenvalue weighted by atomic mass is 9.75. The minimum Gasteiger partial charge on any atom is -0.508 e. The third-order valence-electron chi connectivity index (χ3n) is 5.88. The molecule has 0 radical (unpaired) electrons. The molecule has 1 N–H and O–H groups in total. The van der Waals surface area contributed by atoms with Crippen molar-refractivity contribution < 1.29 is 9.90 Å². The van der Waals surface area contributed by atoms with Crippen LogP contribution in [-0.4, -0.2) is 64.5 Å². The van der Waals surface area contributed by atoms with Gasteiger partial charge in [0.1, 0.15) is 5.75 Å². The quantitative estimate of drug-likeness (QED) is 0.921. The summed E-state index contributed by atoms with van der Waals surface area (Å²) >= 11 is 1.61. The highest BCUT2D eigenvalue weighted by molar-refractivity contribution is 7.99. The Bertz CT molecular complexity index is 600. The summed E-state index contributed by atoms with van der Waals surface area (Å²) < 4.78 is 0. The van der Waals surface area contributed by atoms with Crippen LogP contribution in [0.5, 0.6) is 5.75 Å². The van der Waals surface area contributed by atoms with Crippen LogP contribution in [0.2, 0.25) is 0 Å². The van der Waals surface area contributed by atoms with E-state index in [1.807, 2.05) is 18.4 Å². The normalized spacial score (nSPS) is 35.3. The molecule has 5 heteroatoms. The third kappa shape index (κ3) is 2.54. The van der Waals surface area contributed by atoms with Crippen molar-refractivity contribution in [1.29, 1.82) is 0 Å². The molecule has 2 bridgehead atoms. The third-order valence-corrected chi connectivity index (χ3v) is 6.42. The van der Waals surface area contributed by atoms with Crippen LogP contribution in [0.25, 0.3) is 0 Å². The minimum atomic E-state index is 0.281. The summed E-state index contributed by atoms with van der Waals surface area (Å²) in [6.45, 7) is 3.11. The van der Waals surface area contributed by atoms with Crippen molar-refractivity contribution in [1.82, 2.24) is 9.80 Å². The fourth-order valence-electron chi connectivity index (χ4n) is 4.96. The lowest BCUT2D eigenvalue weighted by molar-refractivity contribution is -0.133. The lowest BCUT2D eigenvalue weighted by Crippen LogP contribution is -2.60. The molecule has 1 amide bonds. The van der Waals surface area contributed by atoms with Crippen LogP contribution in [0, 0.1) is 5.92 Å². The maximum absolute atomic E-state index is 12.7. The average molecular weight is 332 g/mol. The summed E-state index contributed by atoms with van der Waals surface area (Å²) in [5.74, 6) is 2.15. The molecule has 4 nitrogen and oxygen atoms in total. The minimum absolute atomic E-state index is 0.281. The molecule has 1 aromatic carbocycles. The molecule has 23 heavy (non-hydrogen) atoms. The van der Waals surface area contributed by atoms with Crippen LogP contribution in [0.3, 0.4) is 0 Å². The maximum atomic E-state index is 12.7. The van der Waals surface area contributed by atoms with Crippen molar-refractivity contribution in [2.24, 2.45) is 5.92 Å². The summed E-state index contributed by atoms with van der Waals surface area (Å²) in [5.41, 5.74) is 1.17. The van der Waals surface area contributed by atoms with E-state index in [0.717, 1.165) is 19.6 Å². The monoisotopic (exact) mass is 332 g/mol. The first-order valence-corrected chi connectivity index (χ1v) is 9.90. The van der Waals surface area contributed by atoms with Gasteiger partial charge in [0.2, 0.25) is 5.91 Å². The van der Waals surface area contributed by atoms with Crippen molar-refractivity contribution >= 4 is 17.7 Å². The number of nitrogens with zero attached hydrogens (tertiary/aromatic N) is 2. The van der Waals surface area contributed by atoms with Crippen molar-refractivity contribution in [2.75, 3.05) is 31.6 Å². The number of hydrogen-bond acceptors (Lipinski definition) is 4. The van der Waals surface area contributed by atoms with Gasteiger partial charge in [-0.2, -0.15) is 11.8 Å². The average Bonchev–Trinajstić information content (AvgIpc) is 2.99. The van der Waals surface area contributed by atoms with Crippen molar-refractivity contribution in [3.63, 3.8) is 0 Å². The zero-order valence-corrected chi connectivity index (χ0v) is 14.3. The topological polar surface area (TPSA) is 43.8 Å². The number of amides is 1. The lowest BCUT2D eigenvalue weighted by Gasteiger charge is -2.51. The van der Waals surface area contributed by atoms with Crippen LogP contribution < -0.4 is 0 Å². The van der Waals surface area contributed by atoms with Crippen LogP contribution in [0.1, 0.15) is 24.3 Å². The second-order valence-electron chi connectivity index (χ2n) is 7.04. The Morgan fingerprint density at radius 2 is 2.09 bits per heavy atom. The first-order valence-electron chi connectivity index (χ1n) is 8.50. The molecule has 1 aromatic rings. The number of hydrogen-bond donors (Lipinski definition) is 1. The molecule has 4 heterocycles. The van der Waals surface area contributed by atoms with E-state index in [1.54, 1.807) is 17.8 Å². The zero-order valence-electron chi connectivity index (χ0n) is 13.5. The molecule has 3 atom stereocenters. The smallest absolute Gasteiger partial charge is 0.232 e. The first-order chi connectivity index (χ1) is 11.2. The number of thioether (sulfide) groups is 1. The van der Waals surface area contributed by atoms with Gasteiger partial charge in [-0.1, -0.05) is 12.1 Å². The van der Waals surface area contributed by atoms with Crippen LogP contribution in [0.15, 0.2) is 24.3 Å². The second-order valence-corrected chi connectivity index (χ2v) is 7.90. The highest BCUT2D eigenvalue weighted by Gasteiger charge is 2.54. The molecule has 124 valence electrons. The van der Waals surface area contributed by atoms with Gasteiger partial charge in [-0.25, -0.2) is 0 Å². The predicted molar refractivity (Wildman–Crippen MR) is 92.8 cm³/mol. The molecule has 4 fully saturated rings. The second kappa shape index (κ2) is 6.02. The van der Waals surface area contributed by atoms with E-state index in [0.29, 0.717) is 35.4 Å². The molecule has 0 aliphatic carbocycles. The van der Waals surface area contributed by atoms with E-state index >= 15 is 0 Å². The van der Waals surface area contributed by atoms with Crippen molar-refractivity contribution in [3.8, 4) is 5.75 Å². The Morgan fingerprint density at radius 3 is 2.78 bits per heavy atom. The van der Waals surface area contributed by atoms with E-state index in [-0.39, 0.29) is 5.91 Å². The molecule has 5 rings (SSSR count). The summed E-state index contributed by atoms with van der Waals surface area (Å²) in [7, 11) is 0. The molecule has 0 aromatic heterocycles. The fourth-order valence-corrected chi connectivity index (χ4v) is 5.37. The Morgan fingerprint density at radius 1 is 1.30 bits per heavy atom. The van der Waals surface area contributed by atoms with Gasteiger partial charge in [0.15, 0.2) is 0 Å². The van der Waals surface area contributed by atoms with E-state index in [4.69, 9.17) is 0 Å². The molecule has 0 spiro atoms.